The van der Waals surface area contributed by atoms with Crippen LogP contribution in [0.1, 0.15) is 10.4 Å². The SMILES string of the molecule is COc1ccc(F)cc1-c1csc(NC(=O)c2ccc(Br)c([N+](=O)[O-])c2)n1. The first-order valence-electron chi connectivity index (χ1n) is 7.43. The first kappa shape index (κ1) is 18.9. The van der Waals surface area contributed by atoms with Crippen molar-refractivity contribution in [2.75, 3.05) is 12.4 Å². The van der Waals surface area contributed by atoms with Gasteiger partial charge in [0, 0.05) is 22.6 Å². The molecule has 0 radical (unpaired) electrons. The maximum Gasteiger partial charge on any atom is 0.284 e. The summed E-state index contributed by atoms with van der Waals surface area (Å²) >= 11 is 4.21. The lowest BCUT2D eigenvalue weighted by Gasteiger charge is -2.06. The molecule has 27 heavy (non-hydrogen) atoms. The van der Waals surface area contributed by atoms with Crippen LogP contribution in [0.2, 0.25) is 0 Å². The third kappa shape index (κ3) is 4.12. The van der Waals surface area contributed by atoms with Gasteiger partial charge in [-0.3, -0.25) is 20.2 Å². The highest BCUT2D eigenvalue weighted by Gasteiger charge is 2.18. The van der Waals surface area contributed by atoms with Crippen molar-refractivity contribution < 1.29 is 18.8 Å². The molecule has 0 fully saturated rings. The smallest absolute Gasteiger partial charge is 0.284 e. The van der Waals surface area contributed by atoms with Crippen LogP contribution >= 0.6 is 27.3 Å². The number of carbonyl (C=O) groups is 1. The van der Waals surface area contributed by atoms with Gasteiger partial charge < -0.3 is 4.74 Å². The summed E-state index contributed by atoms with van der Waals surface area (Å²) < 4.78 is 19.0. The zero-order chi connectivity index (χ0) is 19.6. The minimum absolute atomic E-state index is 0.116. The molecule has 0 aliphatic rings. The van der Waals surface area contributed by atoms with Crippen LogP contribution in [0.5, 0.6) is 5.75 Å². The zero-order valence-electron chi connectivity index (χ0n) is 13.7. The van der Waals surface area contributed by atoms with Crippen LogP contribution in [0.4, 0.5) is 15.2 Å². The molecule has 0 aliphatic heterocycles. The molecule has 3 rings (SSSR count). The Bertz CT molecular complexity index is 1040. The van der Waals surface area contributed by atoms with Gasteiger partial charge in [-0.1, -0.05) is 0 Å². The second kappa shape index (κ2) is 7.80. The summed E-state index contributed by atoms with van der Waals surface area (Å²) in [7, 11) is 1.46. The van der Waals surface area contributed by atoms with Gasteiger partial charge in [0.25, 0.3) is 11.6 Å². The number of carbonyl (C=O) groups excluding carboxylic acids is 1. The second-order valence-corrected chi connectivity index (χ2v) is 6.97. The Morgan fingerprint density at radius 3 is 2.81 bits per heavy atom. The Labute approximate surface area is 165 Å². The van der Waals surface area contributed by atoms with E-state index in [2.05, 4.69) is 26.2 Å². The van der Waals surface area contributed by atoms with Crippen molar-refractivity contribution >= 4 is 44.0 Å². The van der Waals surface area contributed by atoms with Crippen LogP contribution in [0.3, 0.4) is 0 Å². The van der Waals surface area contributed by atoms with Crippen molar-refractivity contribution in [1.82, 2.24) is 4.98 Å². The molecular weight excluding hydrogens is 441 g/mol. The molecule has 0 spiro atoms. The number of rotatable bonds is 5. The van der Waals surface area contributed by atoms with Gasteiger partial charge in [-0.15, -0.1) is 11.3 Å². The van der Waals surface area contributed by atoms with Gasteiger partial charge >= 0.3 is 0 Å². The van der Waals surface area contributed by atoms with Gasteiger partial charge in [0.15, 0.2) is 5.13 Å². The molecule has 138 valence electrons. The van der Waals surface area contributed by atoms with E-state index in [-0.39, 0.29) is 20.9 Å². The van der Waals surface area contributed by atoms with E-state index in [1.807, 2.05) is 0 Å². The summed E-state index contributed by atoms with van der Waals surface area (Å²) in [6, 6.07) is 8.11. The number of nitro benzene ring substituents is 1. The summed E-state index contributed by atoms with van der Waals surface area (Å²) in [6.45, 7) is 0. The van der Waals surface area contributed by atoms with Gasteiger partial charge in [-0.05, 0) is 46.3 Å². The fourth-order valence-electron chi connectivity index (χ4n) is 2.30. The quantitative estimate of drug-likeness (QED) is 0.440. The maximum atomic E-state index is 13.5. The monoisotopic (exact) mass is 451 g/mol. The van der Waals surface area contributed by atoms with E-state index < -0.39 is 16.6 Å². The summed E-state index contributed by atoms with van der Waals surface area (Å²) in [5, 5.41) is 15.5. The number of hydrogen-bond acceptors (Lipinski definition) is 6. The van der Waals surface area contributed by atoms with Crippen molar-refractivity contribution in [2.45, 2.75) is 0 Å². The topological polar surface area (TPSA) is 94.4 Å². The third-order valence-electron chi connectivity index (χ3n) is 3.57. The fraction of sp³-hybridized carbons (Fsp3) is 0.0588. The largest absolute Gasteiger partial charge is 0.496 e. The molecule has 0 bridgehead atoms. The van der Waals surface area contributed by atoms with E-state index in [4.69, 9.17) is 4.74 Å². The van der Waals surface area contributed by atoms with Crippen molar-refractivity contribution in [3.63, 3.8) is 0 Å². The maximum absolute atomic E-state index is 13.5. The molecule has 10 heteroatoms. The van der Waals surface area contributed by atoms with E-state index in [9.17, 15) is 19.3 Å². The van der Waals surface area contributed by atoms with Crippen LogP contribution in [0.15, 0.2) is 46.3 Å². The predicted octanol–water partition coefficient (Wildman–Crippen LogP) is 4.88. The minimum Gasteiger partial charge on any atom is -0.496 e. The van der Waals surface area contributed by atoms with Gasteiger partial charge in [-0.2, -0.15) is 0 Å². The molecule has 0 atom stereocenters. The van der Waals surface area contributed by atoms with Crippen LogP contribution < -0.4 is 10.1 Å². The van der Waals surface area contributed by atoms with Gasteiger partial charge in [0.2, 0.25) is 0 Å². The number of aromatic nitrogens is 1. The highest BCUT2D eigenvalue weighted by Crippen LogP contribution is 2.33. The Kier molecular flexibility index (Phi) is 5.47. The lowest BCUT2D eigenvalue weighted by atomic mass is 10.1. The third-order valence-corrected chi connectivity index (χ3v) is 5.00. The Hall–Kier alpha value is -2.85. The number of nitrogens with one attached hydrogen (secondary N) is 1. The van der Waals surface area contributed by atoms with Crippen molar-refractivity contribution in [3.8, 4) is 17.0 Å². The highest BCUT2D eigenvalue weighted by atomic mass is 79.9. The van der Waals surface area contributed by atoms with Crippen molar-refractivity contribution in [1.29, 1.82) is 0 Å². The Balaban J connectivity index is 1.84. The average molecular weight is 452 g/mol. The average Bonchev–Trinajstić information content (AvgIpc) is 3.10. The second-order valence-electron chi connectivity index (χ2n) is 5.26. The summed E-state index contributed by atoms with van der Waals surface area (Å²) in [5.74, 6) is -0.535. The minimum atomic E-state index is -0.585. The van der Waals surface area contributed by atoms with E-state index in [0.717, 1.165) is 11.3 Å². The number of hydrogen-bond donors (Lipinski definition) is 1. The summed E-state index contributed by atoms with van der Waals surface area (Å²) in [4.78, 5) is 27.0. The number of ether oxygens (including phenoxy) is 1. The number of methoxy groups -OCH3 is 1. The first-order chi connectivity index (χ1) is 12.9. The molecule has 0 saturated carbocycles. The molecular formula is C17H11BrFN3O4S. The highest BCUT2D eigenvalue weighted by molar-refractivity contribution is 9.10. The lowest BCUT2D eigenvalue weighted by Crippen LogP contribution is -2.12. The molecule has 1 heterocycles. The number of benzene rings is 2. The normalized spacial score (nSPS) is 10.5. The molecule has 0 unspecified atom stereocenters. The van der Waals surface area contributed by atoms with E-state index in [0.29, 0.717) is 17.0 Å². The predicted molar refractivity (Wildman–Crippen MR) is 103 cm³/mol. The molecule has 0 aliphatic carbocycles. The first-order valence-corrected chi connectivity index (χ1v) is 9.11. The molecule has 7 nitrogen and oxygen atoms in total. The van der Waals surface area contributed by atoms with E-state index >= 15 is 0 Å². The van der Waals surface area contributed by atoms with Gasteiger partial charge in [-0.25, -0.2) is 9.37 Å². The van der Waals surface area contributed by atoms with Crippen LogP contribution in [0.25, 0.3) is 11.3 Å². The number of nitro groups is 1. The van der Waals surface area contributed by atoms with Crippen LogP contribution in [0, 0.1) is 15.9 Å². The van der Waals surface area contributed by atoms with Crippen LogP contribution in [-0.4, -0.2) is 22.9 Å². The molecule has 1 aromatic heterocycles. The fourth-order valence-corrected chi connectivity index (χ4v) is 3.40. The Morgan fingerprint density at radius 1 is 1.33 bits per heavy atom. The van der Waals surface area contributed by atoms with Crippen LogP contribution in [-0.2, 0) is 0 Å². The summed E-state index contributed by atoms with van der Waals surface area (Å²) in [5.41, 5.74) is 0.791. The summed E-state index contributed by atoms with van der Waals surface area (Å²) in [6.07, 6.45) is 0. The Morgan fingerprint density at radius 2 is 2.11 bits per heavy atom. The van der Waals surface area contributed by atoms with Crippen molar-refractivity contribution in [2.24, 2.45) is 0 Å². The molecule has 2 aromatic carbocycles. The number of amides is 1. The molecule has 1 N–H and O–H groups in total. The lowest BCUT2D eigenvalue weighted by molar-refractivity contribution is -0.385. The van der Waals surface area contributed by atoms with Gasteiger partial charge in [0.05, 0.1) is 22.2 Å². The standard InChI is InChI=1S/C17H11BrFN3O4S/c1-26-15-5-3-10(19)7-11(15)13-8-27-17(20-13)21-16(23)9-2-4-12(18)14(6-9)22(24)25/h2-8H,1H3,(H,20,21,23). The number of anilines is 1. The zero-order valence-corrected chi connectivity index (χ0v) is 16.1. The molecule has 1 amide bonds. The van der Waals surface area contributed by atoms with Gasteiger partial charge in [0.1, 0.15) is 11.6 Å². The molecule has 3 aromatic rings. The van der Waals surface area contributed by atoms with Crippen molar-refractivity contribution in [3.05, 3.63) is 67.7 Å². The van der Waals surface area contributed by atoms with E-state index in [1.54, 1.807) is 5.38 Å². The number of nitrogens with zero attached hydrogens (tertiary/aromatic N) is 2. The number of thiazole rings is 1. The van der Waals surface area contributed by atoms with E-state index in [1.165, 1.54) is 43.5 Å². The number of halogens is 2. The molecule has 0 saturated heterocycles.